The van der Waals surface area contributed by atoms with Crippen molar-refractivity contribution in [2.24, 2.45) is 5.73 Å². The molecule has 0 aliphatic heterocycles. The van der Waals surface area contributed by atoms with E-state index in [1.807, 2.05) is 6.92 Å². The van der Waals surface area contributed by atoms with Crippen molar-refractivity contribution < 1.29 is 0 Å². The summed E-state index contributed by atoms with van der Waals surface area (Å²) in [6, 6.07) is 0. The predicted octanol–water partition coefficient (Wildman–Crippen LogP) is -0.963. The second-order valence-electron chi connectivity index (χ2n) is 0.741. The van der Waals surface area contributed by atoms with E-state index in [0.29, 0.717) is 0 Å². The maximum atomic E-state index is 4.98. The molecule has 0 saturated heterocycles. The van der Waals surface area contributed by atoms with Crippen molar-refractivity contribution in [1.29, 1.82) is 0 Å². The number of nitrogens with two attached hydrogens (primary N) is 1. The van der Waals surface area contributed by atoms with Crippen molar-refractivity contribution in [2.45, 2.75) is 12.3 Å². The van der Waals surface area contributed by atoms with Gasteiger partial charge in [-0.05, 0) is 6.92 Å². The van der Waals surface area contributed by atoms with Crippen LogP contribution in [0.25, 0.3) is 0 Å². The quantitative estimate of drug-likeness (QED) is 0.335. The molecule has 0 spiro atoms. The van der Waals surface area contributed by atoms with E-state index in [0.717, 1.165) is 0 Å². The van der Waals surface area contributed by atoms with E-state index >= 15 is 0 Å². The van der Waals surface area contributed by atoms with Crippen LogP contribution in [0.5, 0.6) is 0 Å². The third-order valence-corrected chi connectivity index (χ3v) is 0. The van der Waals surface area contributed by atoms with Gasteiger partial charge in [-0.25, -0.2) is 0 Å². The molecule has 1 atom stereocenters. The second-order valence-corrected chi connectivity index (χ2v) is 1.56. The van der Waals surface area contributed by atoms with Gasteiger partial charge < -0.3 is 5.73 Å². The number of thiol groups is 1. The van der Waals surface area contributed by atoms with Crippen LogP contribution in [0.15, 0.2) is 0 Å². The Kier molecular flexibility index (Phi) is 9.87. The molecule has 0 saturated carbocycles. The fraction of sp³-hybridized carbons (Fsp3) is 1.00. The monoisotopic (exact) mass is 289 g/mol. The molecule has 0 aliphatic carbocycles. The molecule has 5 heavy (non-hydrogen) atoms. The Morgan fingerprint density at radius 3 is 1.80 bits per heavy atom. The Morgan fingerprint density at radius 1 is 1.80 bits per heavy atom. The molecule has 0 rings (SSSR count). The van der Waals surface area contributed by atoms with Crippen molar-refractivity contribution >= 4 is 38.8 Å². The molecule has 34 valence electrons. The van der Waals surface area contributed by atoms with Crippen LogP contribution in [0.1, 0.15) is 6.92 Å². The molecule has 0 aromatic heterocycles. The zero-order chi connectivity index (χ0) is 3.58. The molecule has 1 unspecified atom stereocenters. The van der Waals surface area contributed by atoms with Crippen molar-refractivity contribution in [3.05, 3.63) is 0 Å². The standard InChI is InChI=1S/C2H7NS.Bi.3H/c1-2(3)4;;;;/h2,4H,3H2,1H3;;;;. The molecule has 0 heterocycles. The molecule has 0 bridgehead atoms. The molecule has 0 radical (unpaired) electrons. The maximum absolute atomic E-state index is 4.98. The van der Waals surface area contributed by atoms with E-state index in [-0.39, 0.29) is 31.6 Å². The van der Waals surface area contributed by atoms with E-state index in [2.05, 4.69) is 12.6 Å². The molecule has 3 heteroatoms. The zero-order valence-electron chi connectivity index (χ0n) is 3.31. The van der Waals surface area contributed by atoms with Crippen LogP contribution in [-0.2, 0) is 0 Å². The van der Waals surface area contributed by atoms with Crippen molar-refractivity contribution in [2.75, 3.05) is 0 Å². The van der Waals surface area contributed by atoms with Gasteiger partial charge in [0, 0.05) is 5.37 Å². The number of rotatable bonds is 0. The second kappa shape index (κ2) is 5.19. The fourth-order valence-electron chi connectivity index (χ4n) is 0. The zero-order valence-corrected chi connectivity index (χ0v) is 9.70. The fourth-order valence-corrected chi connectivity index (χ4v) is 0. The summed E-state index contributed by atoms with van der Waals surface area (Å²) in [5, 5.41) is 0.0278. The van der Waals surface area contributed by atoms with E-state index in [9.17, 15) is 0 Å². The van der Waals surface area contributed by atoms with E-state index in [4.69, 9.17) is 5.73 Å². The Bertz CT molecular complexity index is 14.4. The van der Waals surface area contributed by atoms with Crippen LogP contribution in [0.2, 0.25) is 0 Å². The van der Waals surface area contributed by atoms with Gasteiger partial charge >= 0.3 is 26.2 Å². The SMILES string of the molecule is CC(N)S.[BiH3]. The summed E-state index contributed by atoms with van der Waals surface area (Å²) in [5.41, 5.74) is 4.98. The molecule has 1 nitrogen and oxygen atoms in total. The molecule has 0 amide bonds. The number of hydrogen-bond donors (Lipinski definition) is 2. The first-order valence-corrected chi connectivity index (χ1v) is 1.69. The van der Waals surface area contributed by atoms with Crippen LogP contribution >= 0.6 is 12.6 Å². The van der Waals surface area contributed by atoms with Crippen LogP contribution in [-0.4, -0.2) is 31.6 Å². The van der Waals surface area contributed by atoms with Crippen LogP contribution in [0, 0.1) is 0 Å². The third-order valence-electron chi connectivity index (χ3n) is 0. The average molecular weight is 289 g/mol. The molecular weight excluding hydrogens is 279 g/mol. The minimum atomic E-state index is 0. The van der Waals surface area contributed by atoms with Gasteiger partial charge in [-0.2, -0.15) is 12.6 Å². The van der Waals surface area contributed by atoms with E-state index in [1.165, 1.54) is 0 Å². The first-order valence-electron chi connectivity index (χ1n) is 1.17. The van der Waals surface area contributed by atoms with Crippen LogP contribution < -0.4 is 5.73 Å². The summed E-state index contributed by atoms with van der Waals surface area (Å²) in [4.78, 5) is 0. The van der Waals surface area contributed by atoms with Gasteiger partial charge in [0.25, 0.3) is 0 Å². The van der Waals surface area contributed by atoms with E-state index < -0.39 is 0 Å². The Balaban J connectivity index is 0. The minimum absolute atomic E-state index is 0. The normalized spacial score (nSPS) is 12.6. The van der Waals surface area contributed by atoms with Gasteiger partial charge in [-0.1, -0.05) is 0 Å². The topological polar surface area (TPSA) is 26.0 Å². The van der Waals surface area contributed by atoms with Gasteiger partial charge in [0.05, 0.1) is 0 Å². The average Bonchev–Trinajstić information content (AvgIpc) is 0.811. The van der Waals surface area contributed by atoms with Crippen molar-refractivity contribution in [1.82, 2.24) is 0 Å². The molecule has 2 N–H and O–H groups in total. The van der Waals surface area contributed by atoms with Crippen molar-refractivity contribution in [3.63, 3.8) is 0 Å². The molecule has 0 fully saturated rings. The first-order chi connectivity index (χ1) is 1.73. The molecule has 0 aromatic rings. The molecule has 0 aromatic carbocycles. The van der Waals surface area contributed by atoms with Gasteiger partial charge in [0.1, 0.15) is 0 Å². The van der Waals surface area contributed by atoms with Gasteiger partial charge in [0.15, 0.2) is 0 Å². The summed E-state index contributed by atoms with van der Waals surface area (Å²) < 4.78 is 0. The summed E-state index contributed by atoms with van der Waals surface area (Å²) in [6.45, 7) is 1.81. The summed E-state index contributed by atoms with van der Waals surface area (Å²) in [6.07, 6.45) is 0. The van der Waals surface area contributed by atoms with Crippen molar-refractivity contribution in [3.8, 4) is 0 Å². The molecule has 0 aliphatic rings. The summed E-state index contributed by atoms with van der Waals surface area (Å²) >= 11 is 3.74. The summed E-state index contributed by atoms with van der Waals surface area (Å²) in [5.74, 6) is 0. The van der Waals surface area contributed by atoms with Gasteiger partial charge in [-0.15, -0.1) is 0 Å². The third kappa shape index (κ3) is 37.2. The Labute approximate surface area is 56.8 Å². The first kappa shape index (κ1) is 9.50. The van der Waals surface area contributed by atoms with Crippen LogP contribution in [0.4, 0.5) is 0 Å². The Morgan fingerprint density at radius 2 is 1.80 bits per heavy atom. The molecular formula is C2H10BiNS. The van der Waals surface area contributed by atoms with Gasteiger partial charge in [-0.3, -0.25) is 0 Å². The Hall–Kier alpha value is 1.19. The predicted molar refractivity (Wildman–Crippen MR) is 32.6 cm³/mol. The van der Waals surface area contributed by atoms with Crippen LogP contribution in [0.3, 0.4) is 0 Å². The number of hydrogen-bond acceptors (Lipinski definition) is 2. The van der Waals surface area contributed by atoms with Gasteiger partial charge in [0.2, 0.25) is 0 Å². The summed E-state index contributed by atoms with van der Waals surface area (Å²) in [7, 11) is 0. The van der Waals surface area contributed by atoms with E-state index in [1.54, 1.807) is 0 Å².